The maximum absolute atomic E-state index is 13.4. The van der Waals surface area contributed by atoms with E-state index in [1.54, 1.807) is 55.5 Å². The van der Waals surface area contributed by atoms with Gasteiger partial charge in [0.25, 0.3) is 21.8 Å². The predicted octanol–water partition coefficient (Wildman–Crippen LogP) is 5.28. The zero-order chi connectivity index (χ0) is 28.3. The summed E-state index contributed by atoms with van der Waals surface area (Å²) in [6.45, 7) is 8.48. The van der Waals surface area contributed by atoms with Crippen LogP contribution in [0.25, 0.3) is 22.4 Å². The predicted molar refractivity (Wildman–Crippen MR) is 152 cm³/mol. The first-order chi connectivity index (χ1) is 18.5. The Morgan fingerprint density at radius 1 is 0.974 bits per heavy atom. The molecule has 0 aliphatic carbocycles. The van der Waals surface area contributed by atoms with Crippen molar-refractivity contribution in [3.63, 3.8) is 0 Å². The standard InChI is InChI=1S/C30H32N4O4S/c1-5-17-34-28(27(29(31)35)20(4)32-34)24-16-15-22(18-25(24)19(2)3)23-13-9-10-14-26(23)39(37,38)33-30(36)21-11-7-6-8-12-21/h6-16,18-19H,5,17H2,1-4H3,(H2,31,35)(H,33,36). The van der Waals surface area contributed by atoms with Crippen molar-refractivity contribution in [3.8, 4) is 22.4 Å². The van der Waals surface area contributed by atoms with Gasteiger partial charge in [-0.15, -0.1) is 0 Å². The number of hydrogen-bond acceptors (Lipinski definition) is 5. The van der Waals surface area contributed by atoms with E-state index in [0.29, 0.717) is 34.6 Å². The van der Waals surface area contributed by atoms with Gasteiger partial charge in [0.2, 0.25) is 0 Å². The summed E-state index contributed by atoms with van der Waals surface area (Å²) in [5.74, 6) is -1.22. The minimum absolute atomic E-state index is 0.0126. The normalized spacial score (nSPS) is 11.5. The molecule has 4 rings (SSSR count). The van der Waals surface area contributed by atoms with Crippen molar-refractivity contribution < 1.29 is 18.0 Å². The summed E-state index contributed by atoms with van der Waals surface area (Å²) < 4.78 is 30.7. The van der Waals surface area contributed by atoms with Crippen molar-refractivity contribution in [1.82, 2.24) is 14.5 Å². The van der Waals surface area contributed by atoms with E-state index in [2.05, 4.69) is 9.82 Å². The van der Waals surface area contributed by atoms with Crippen LogP contribution in [-0.2, 0) is 16.6 Å². The molecular weight excluding hydrogens is 512 g/mol. The highest BCUT2D eigenvalue weighted by Gasteiger charge is 2.26. The molecule has 1 aromatic heterocycles. The Morgan fingerprint density at radius 3 is 2.28 bits per heavy atom. The molecule has 9 heteroatoms. The molecule has 0 spiro atoms. The van der Waals surface area contributed by atoms with Gasteiger partial charge in [-0.25, -0.2) is 13.1 Å². The Hall–Kier alpha value is -4.24. The summed E-state index contributed by atoms with van der Waals surface area (Å²) in [7, 11) is -4.19. The third-order valence-corrected chi connectivity index (χ3v) is 7.88. The van der Waals surface area contributed by atoms with Crippen molar-refractivity contribution in [1.29, 1.82) is 0 Å². The van der Waals surface area contributed by atoms with Crippen LogP contribution in [-0.4, -0.2) is 30.0 Å². The van der Waals surface area contributed by atoms with Crippen molar-refractivity contribution in [3.05, 3.63) is 95.2 Å². The number of primary amides is 1. The zero-order valence-corrected chi connectivity index (χ0v) is 23.2. The average Bonchev–Trinajstić information content (AvgIpc) is 3.24. The van der Waals surface area contributed by atoms with Crippen molar-refractivity contribution in [2.24, 2.45) is 5.73 Å². The van der Waals surface area contributed by atoms with Crippen molar-refractivity contribution in [2.45, 2.75) is 51.5 Å². The van der Waals surface area contributed by atoms with Crippen molar-refractivity contribution in [2.75, 3.05) is 0 Å². The second-order valence-electron chi connectivity index (χ2n) is 9.65. The number of carbonyl (C=O) groups is 2. The lowest BCUT2D eigenvalue weighted by atomic mass is 9.89. The van der Waals surface area contributed by atoms with Crippen LogP contribution in [0.1, 0.15) is 65.1 Å². The molecular formula is C30H32N4O4S. The fourth-order valence-electron chi connectivity index (χ4n) is 4.71. The van der Waals surface area contributed by atoms with Gasteiger partial charge in [0.1, 0.15) is 0 Å². The van der Waals surface area contributed by atoms with Crippen LogP contribution in [0, 0.1) is 6.92 Å². The molecule has 0 aliphatic rings. The van der Waals surface area contributed by atoms with E-state index in [4.69, 9.17) is 5.73 Å². The molecule has 8 nitrogen and oxygen atoms in total. The molecule has 0 atom stereocenters. The van der Waals surface area contributed by atoms with Gasteiger partial charge in [-0.1, -0.05) is 75.4 Å². The van der Waals surface area contributed by atoms with E-state index in [1.807, 2.05) is 43.7 Å². The molecule has 39 heavy (non-hydrogen) atoms. The van der Waals surface area contributed by atoms with E-state index >= 15 is 0 Å². The Balaban J connectivity index is 1.83. The molecule has 0 unspecified atom stereocenters. The number of amides is 2. The first-order valence-electron chi connectivity index (χ1n) is 12.8. The van der Waals surface area contributed by atoms with Crippen LogP contribution in [0.15, 0.2) is 77.7 Å². The zero-order valence-electron chi connectivity index (χ0n) is 22.4. The molecule has 3 N–H and O–H groups in total. The van der Waals surface area contributed by atoms with Crippen LogP contribution >= 0.6 is 0 Å². The second-order valence-corrected chi connectivity index (χ2v) is 11.3. The molecule has 202 valence electrons. The number of sulfonamides is 1. The topological polar surface area (TPSA) is 124 Å². The highest BCUT2D eigenvalue weighted by Crippen LogP contribution is 2.37. The van der Waals surface area contributed by atoms with E-state index in [9.17, 15) is 18.0 Å². The Labute approximate surface area is 228 Å². The second kappa shape index (κ2) is 11.2. The number of rotatable bonds is 9. The third-order valence-electron chi connectivity index (χ3n) is 6.49. The van der Waals surface area contributed by atoms with Gasteiger partial charge in [0.05, 0.1) is 21.8 Å². The van der Waals surface area contributed by atoms with Crippen LogP contribution < -0.4 is 10.5 Å². The first kappa shape index (κ1) is 27.8. The average molecular weight is 545 g/mol. The minimum Gasteiger partial charge on any atom is -0.365 e. The first-order valence-corrected chi connectivity index (χ1v) is 14.3. The number of carbonyl (C=O) groups excluding carboxylic acids is 2. The van der Waals surface area contributed by atoms with Crippen LogP contribution in [0.4, 0.5) is 0 Å². The summed E-state index contributed by atoms with van der Waals surface area (Å²) in [4.78, 5) is 25.1. The fraction of sp³-hybridized carbons (Fsp3) is 0.233. The molecule has 4 aromatic rings. The quantitative estimate of drug-likeness (QED) is 0.297. The van der Waals surface area contributed by atoms with E-state index in [-0.39, 0.29) is 16.4 Å². The highest BCUT2D eigenvalue weighted by molar-refractivity contribution is 7.90. The molecule has 0 aliphatic heterocycles. The summed E-state index contributed by atoms with van der Waals surface area (Å²) in [6.07, 6.45) is 0.821. The number of aryl methyl sites for hydroxylation is 2. The Bertz CT molecular complexity index is 1640. The molecule has 3 aromatic carbocycles. The monoisotopic (exact) mass is 544 g/mol. The smallest absolute Gasteiger partial charge is 0.264 e. The Kier molecular flexibility index (Phi) is 8.01. The number of benzene rings is 3. The molecule has 0 bridgehead atoms. The highest BCUT2D eigenvalue weighted by atomic mass is 32.2. The lowest BCUT2D eigenvalue weighted by molar-refractivity contribution is 0.0978. The van der Waals surface area contributed by atoms with Crippen LogP contribution in [0.3, 0.4) is 0 Å². The van der Waals surface area contributed by atoms with Gasteiger partial charge in [-0.3, -0.25) is 14.3 Å². The molecule has 0 radical (unpaired) electrons. The van der Waals surface area contributed by atoms with Crippen molar-refractivity contribution >= 4 is 21.8 Å². The van der Waals surface area contributed by atoms with Gasteiger partial charge in [-0.2, -0.15) is 5.10 Å². The van der Waals surface area contributed by atoms with E-state index < -0.39 is 21.8 Å². The fourth-order valence-corrected chi connectivity index (χ4v) is 5.92. The number of nitrogens with zero attached hydrogens (tertiary/aromatic N) is 2. The lowest BCUT2D eigenvalue weighted by Gasteiger charge is -2.18. The van der Waals surface area contributed by atoms with Crippen LogP contribution in [0.2, 0.25) is 0 Å². The van der Waals surface area contributed by atoms with Gasteiger partial charge >= 0.3 is 0 Å². The lowest BCUT2D eigenvalue weighted by Crippen LogP contribution is -2.30. The van der Waals surface area contributed by atoms with Crippen LogP contribution in [0.5, 0.6) is 0 Å². The van der Waals surface area contributed by atoms with Gasteiger partial charge in [0, 0.05) is 23.2 Å². The number of nitrogens with one attached hydrogen (secondary N) is 1. The number of hydrogen-bond donors (Lipinski definition) is 2. The van der Waals surface area contributed by atoms with E-state index in [1.165, 1.54) is 6.07 Å². The largest absolute Gasteiger partial charge is 0.365 e. The molecule has 0 fully saturated rings. The Morgan fingerprint density at radius 2 is 1.64 bits per heavy atom. The minimum atomic E-state index is -4.19. The molecule has 1 heterocycles. The van der Waals surface area contributed by atoms with Gasteiger partial charge in [0.15, 0.2) is 0 Å². The number of aromatic nitrogens is 2. The molecule has 0 saturated carbocycles. The number of nitrogens with two attached hydrogens (primary N) is 1. The SMILES string of the molecule is CCCn1nc(C)c(C(N)=O)c1-c1ccc(-c2ccccc2S(=O)(=O)NC(=O)c2ccccc2)cc1C(C)C. The molecule has 2 amide bonds. The van der Waals surface area contributed by atoms with Gasteiger partial charge in [-0.05, 0) is 48.6 Å². The maximum atomic E-state index is 13.4. The summed E-state index contributed by atoms with van der Waals surface area (Å²) in [5, 5.41) is 4.57. The maximum Gasteiger partial charge on any atom is 0.264 e. The van der Waals surface area contributed by atoms with E-state index in [0.717, 1.165) is 17.5 Å². The summed E-state index contributed by atoms with van der Waals surface area (Å²) >= 11 is 0. The summed E-state index contributed by atoms with van der Waals surface area (Å²) in [5.41, 5.74) is 10.5. The molecule has 0 saturated heterocycles. The third kappa shape index (κ3) is 5.63. The van der Waals surface area contributed by atoms with Gasteiger partial charge < -0.3 is 5.73 Å². The summed E-state index contributed by atoms with van der Waals surface area (Å²) in [6, 6.07) is 20.4.